The number of aromatic nitrogens is 3. The van der Waals surface area contributed by atoms with Crippen molar-refractivity contribution in [3.63, 3.8) is 0 Å². The Labute approximate surface area is 210 Å². The molecule has 186 valence electrons. The second-order valence-corrected chi connectivity index (χ2v) is 9.27. The van der Waals surface area contributed by atoms with Gasteiger partial charge in [-0.05, 0) is 29.3 Å². The van der Waals surface area contributed by atoms with Gasteiger partial charge >= 0.3 is 6.18 Å². The highest BCUT2D eigenvalue weighted by atomic mass is 19.4. The highest BCUT2D eigenvalue weighted by Gasteiger charge is 2.30. The van der Waals surface area contributed by atoms with E-state index >= 15 is 0 Å². The van der Waals surface area contributed by atoms with Crippen LogP contribution in [0.15, 0.2) is 83.7 Å². The Kier molecular flexibility index (Phi) is 5.68. The van der Waals surface area contributed by atoms with Crippen molar-refractivity contribution in [3.8, 4) is 22.6 Å². The van der Waals surface area contributed by atoms with Gasteiger partial charge in [-0.15, -0.1) is 0 Å². The molecule has 0 amide bonds. The van der Waals surface area contributed by atoms with E-state index in [1.54, 1.807) is 0 Å². The summed E-state index contributed by atoms with van der Waals surface area (Å²) in [5, 5.41) is 1.15. The number of fused-ring (bicyclic) bond motifs is 2. The normalized spacial score (nSPS) is 14.1. The van der Waals surface area contributed by atoms with Crippen molar-refractivity contribution in [2.24, 2.45) is 0 Å². The first-order valence-corrected chi connectivity index (χ1v) is 12.0. The van der Waals surface area contributed by atoms with Crippen LogP contribution in [-0.2, 0) is 25.7 Å². The summed E-state index contributed by atoms with van der Waals surface area (Å²) >= 11 is 0. The largest absolute Gasteiger partial charge is 0.416 e. The summed E-state index contributed by atoms with van der Waals surface area (Å²) < 4.78 is 38.7. The molecule has 0 atom stereocenters. The molecule has 2 aromatic heterocycles. The molecule has 0 aliphatic carbocycles. The van der Waals surface area contributed by atoms with Crippen LogP contribution >= 0.6 is 0 Å². The number of hydrogen-bond acceptors (Lipinski definition) is 3. The van der Waals surface area contributed by atoms with Crippen molar-refractivity contribution < 1.29 is 13.2 Å². The number of nitrogens with one attached hydrogen (secondary N) is 2. The summed E-state index contributed by atoms with van der Waals surface area (Å²) in [5.74, 6) is 0.286. The van der Waals surface area contributed by atoms with E-state index in [1.165, 1.54) is 17.7 Å². The third kappa shape index (κ3) is 4.44. The van der Waals surface area contributed by atoms with Crippen LogP contribution in [0.2, 0.25) is 0 Å². The molecule has 0 saturated heterocycles. The first-order chi connectivity index (χ1) is 17.9. The Balaban J connectivity index is 1.29. The van der Waals surface area contributed by atoms with Crippen LogP contribution in [0, 0.1) is 0 Å². The molecule has 3 heterocycles. The minimum Gasteiger partial charge on any atom is -0.354 e. The number of aromatic amines is 2. The van der Waals surface area contributed by atoms with Crippen LogP contribution in [0.4, 0.5) is 13.2 Å². The molecular formula is C29H23F3N4O. The van der Waals surface area contributed by atoms with Gasteiger partial charge < -0.3 is 9.97 Å². The first-order valence-electron chi connectivity index (χ1n) is 12.0. The third-order valence-electron chi connectivity index (χ3n) is 6.89. The van der Waals surface area contributed by atoms with Crippen molar-refractivity contribution in [2.75, 3.05) is 6.54 Å². The topological polar surface area (TPSA) is 64.8 Å². The fourth-order valence-electron chi connectivity index (χ4n) is 5.01. The number of benzene rings is 3. The first kappa shape index (κ1) is 23.2. The lowest BCUT2D eigenvalue weighted by atomic mass is 10.0. The summed E-state index contributed by atoms with van der Waals surface area (Å²) in [7, 11) is 0. The Morgan fingerprint density at radius 3 is 2.35 bits per heavy atom. The fraction of sp³-hybridized carbons (Fsp3) is 0.172. The SMILES string of the molecule is O=c1[nH]c(-c2ccc(C(F)(F)F)cc2)nc2c1CN(Cc1c(-c3ccccc3)[nH]c3ccccc13)CC2. The number of rotatable bonds is 4. The summed E-state index contributed by atoms with van der Waals surface area (Å²) in [6, 6.07) is 23.1. The average molecular weight is 501 g/mol. The smallest absolute Gasteiger partial charge is 0.354 e. The van der Waals surface area contributed by atoms with Crippen LogP contribution in [0.1, 0.15) is 22.4 Å². The van der Waals surface area contributed by atoms with Gasteiger partial charge in [0.05, 0.1) is 22.5 Å². The maximum Gasteiger partial charge on any atom is 0.416 e. The molecule has 0 fully saturated rings. The van der Waals surface area contributed by atoms with Gasteiger partial charge in [-0.2, -0.15) is 13.2 Å². The van der Waals surface area contributed by atoms with E-state index in [0.717, 1.165) is 34.3 Å². The minimum atomic E-state index is -4.41. The number of nitrogens with zero attached hydrogens (tertiary/aromatic N) is 2. The zero-order valence-corrected chi connectivity index (χ0v) is 19.8. The molecule has 37 heavy (non-hydrogen) atoms. The van der Waals surface area contributed by atoms with E-state index in [2.05, 4.69) is 44.1 Å². The Morgan fingerprint density at radius 1 is 0.865 bits per heavy atom. The predicted octanol–water partition coefficient (Wildman–Crippen LogP) is 6.16. The van der Waals surface area contributed by atoms with Gasteiger partial charge in [0.1, 0.15) is 5.82 Å². The number of alkyl halides is 3. The minimum absolute atomic E-state index is 0.258. The maximum absolute atomic E-state index is 13.0. The second-order valence-electron chi connectivity index (χ2n) is 9.27. The van der Waals surface area contributed by atoms with Crippen molar-refractivity contribution in [1.82, 2.24) is 19.9 Å². The van der Waals surface area contributed by atoms with E-state index in [1.807, 2.05) is 30.3 Å². The lowest BCUT2D eigenvalue weighted by Crippen LogP contribution is -2.35. The van der Waals surface area contributed by atoms with E-state index < -0.39 is 11.7 Å². The number of halogens is 3. The van der Waals surface area contributed by atoms with E-state index in [9.17, 15) is 18.0 Å². The number of H-pyrrole nitrogens is 2. The van der Waals surface area contributed by atoms with Gasteiger partial charge in [-0.1, -0.05) is 60.7 Å². The van der Waals surface area contributed by atoms with Gasteiger partial charge in [-0.25, -0.2) is 4.98 Å². The molecule has 6 rings (SSSR count). The molecule has 5 aromatic rings. The lowest BCUT2D eigenvalue weighted by Gasteiger charge is -2.28. The molecule has 0 bridgehead atoms. The molecule has 3 aromatic carbocycles. The summed E-state index contributed by atoms with van der Waals surface area (Å²) in [6.07, 6.45) is -3.83. The second kappa shape index (κ2) is 9.05. The number of para-hydroxylation sites is 1. The molecule has 0 spiro atoms. The lowest BCUT2D eigenvalue weighted by molar-refractivity contribution is -0.137. The van der Waals surface area contributed by atoms with E-state index in [0.29, 0.717) is 42.9 Å². The molecule has 2 N–H and O–H groups in total. The van der Waals surface area contributed by atoms with Crippen molar-refractivity contribution >= 4 is 10.9 Å². The molecule has 8 heteroatoms. The van der Waals surface area contributed by atoms with E-state index in [4.69, 9.17) is 0 Å². The zero-order chi connectivity index (χ0) is 25.6. The van der Waals surface area contributed by atoms with Gasteiger partial charge in [0.2, 0.25) is 0 Å². The molecule has 1 aliphatic heterocycles. The van der Waals surface area contributed by atoms with Crippen LogP contribution in [-0.4, -0.2) is 26.4 Å². The number of hydrogen-bond donors (Lipinski definition) is 2. The highest BCUT2D eigenvalue weighted by Crippen LogP contribution is 2.33. The van der Waals surface area contributed by atoms with Gasteiger partial charge in [0.15, 0.2) is 0 Å². The summed E-state index contributed by atoms with van der Waals surface area (Å²) in [4.78, 5) is 26.2. The van der Waals surface area contributed by atoms with Gasteiger partial charge in [0.25, 0.3) is 5.56 Å². The summed E-state index contributed by atoms with van der Waals surface area (Å²) in [5.41, 5.74) is 5.16. The van der Waals surface area contributed by atoms with Crippen molar-refractivity contribution in [3.05, 3.63) is 112 Å². The Hall–Kier alpha value is -4.17. The average Bonchev–Trinajstić information content (AvgIpc) is 3.27. The van der Waals surface area contributed by atoms with Gasteiger partial charge in [-0.3, -0.25) is 9.69 Å². The monoisotopic (exact) mass is 500 g/mol. The quantitative estimate of drug-likeness (QED) is 0.311. The van der Waals surface area contributed by atoms with Crippen LogP contribution in [0.5, 0.6) is 0 Å². The molecular weight excluding hydrogens is 477 g/mol. The van der Waals surface area contributed by atoms with Gasteiger partial charge in [0, 0.05) is 42.5 Å². The van der Waals surface area contributed by atoms with E-state index in [-0.39, 0.29) is 11.4 Å². The predicted molar refractivity (Wildman–Crippen MR) is 137 cm³/mol. The summed E-state index contributed by atoms with van der Waals surface area (Å²) in [6.45, 7) is 1.82. The van der Waals surface area contributed by atoms with Crippen LogP contribution in [0.25, 0.3) is 33.5 Å². The highest BCUT2D eigenvalue weighted by molar-refractivity contribution is 5.90. The molecule has 0 unspecified atom stereocenters. The molecule has 5 nitrogen and oxygen atoms in total. The standard InChI is InChI=1S/C29H23F3N4O/c30-29(31,32)20-12-10-19(11-13-20)27-34-25-14-15-36(17-23(25)28(37)35-27)16-22-21-8-4-5-9-24(21)33-26(22)18-6-2-1-3-7-18/h1-13,33H,14-17H2,(H,34,35,37). The van der Waals surface area contributed by atoms with Crippen LogP contribution < -0.4 is 5.56 Å². The molecule has 0 radical (unpaired) electrons. The molecule has 1 aliphatic rings. The fourth-order valence-corrected chi connectivity index (χ4v) is 5.01. The van der Waals surface area contributed by atoms with Crippen molar-refractivity contribution in [1.29, 1.82) is 0 Å². The maximum atomic E-state index is 13.0. The Morgan fingerprint density at radius 2 is 1.59 bits per heavy atom. The zero-order valence-electron chi connectivity index (χ0n) is 19.8. The molecule has 0 saturated carbocycles. The Bertz CT molecular complexity index is 1640. The van der Waals surface area contributed by atoms with Crippen LogP contribution in [0.3, 0.4) is 0 Å². The van der Waals surface area contributed by atoms with Crippen molar-refractivity contribution in [2.45, 2.75) is 25.7 Å². The third-order valence-corrected chi connectivity index (χ3v) is 6.89.